The largest absolute Gasteiger partial charge is 0.480 e. The van der Waals surface area contributed by atoms with Crippen LogP contribution in [0.15, 0.2) is 30.3 Å². The number of aryl methyl sites for hydroxylation is 1. The van der Waals surface area contributed by atoms with Gasteiger partial charge in [-0.05, 0) is 31.2 Å². The van der Waals surface area contributed by atoms with Crippen molar-refractivity contribution >= 4 is 12.0 Å². The number of amides is 2. The molecule has 5 nitrogen and oxygen atoms in total. The van der Waals surface area contributed by atoms with Crippen molar-refractivity contribution in [2.24, 2.45) is 0 Å². The Bertz CT molecular complexity index is 471. The summed E-state index contributed by atoms with van der Waals surface area (Å²) in [6.45, 7) is 0. The Morgan fingerprint density at radius 2 is 2.00 bits per heavy atom. The quantitative estimate of drug-likeness (QED) is 0.833. The van der Waals surface area contributed by atoms with Gasteiger partial charge in [0, 0.05) is 13.1 Å². The zero-order valence-electron chi connectivity index (χ0n) is 11.6. The van der Waals surface area contributed by atoms with Gasteiger partial charge in [0.2, 0.25) is 0 Å². The molecule has 1 aliphatic carbocycles. The fourth-order valence-corrected chi connectivity index (χ4v) is 2.09. The minimum absolute atomic E-state index is 0.276. The molecule has 2 rings (SSSR count). The molecule has 20 heavy (non-hydrogen) atoms. The molecule has 1 aliphatic rings. The third-order valence-corrected chi connectivity index (χ3v) is 3.58. The van der Waals surface area contributed by atoms with Crippen molar-refractivity contribution in [3.8, 4) is 0 Å². The summed E-state index contributed by atoms with van der Waals surface area (Å²) >= 11 is 0. The molecule has 1 atom stereocenters. The van der Waals surface area contributed by atoms with Crippen LogP contribution in [0.3, 0.4) is 0 Å². The van der Waals surface area contributed by atoms with E-state index in [1.807, 2.05) is 30.3 Å². The van der Waals surface area contributed by atoms with Crippen LogP contribution < -0.4 is 5.32 Å². The lowest BCUT2D eigenvalue weighted by atomic mass is 10.1. The highest BCUT2D eigenvalue weighted by atomic mass is 16.4. The molecule has 0 bridgehead atoms. The van der Waals surface area contributed by atoms with E-state index in [0.717, 1.165) is 18.4 Å². The van der Waals surface area contributed by atoms with E-state index in [0.29, 0.717) is 12.8 Å². The molecule has 0 unspecified atom stereocenters. The second-order valence-corrected chi connectivity index (χ2v) is 5.21. The fraction of sp³-hybridized carbons (Fsp3) is 0.467. The molecule has 2 amide bonds. The first-order valence-corrected chi connectivity index (χ1v) is 6.88. The Morgan fingerprint density at radius 3 is 2.55 bits per heavy atom. The van der Waals surface area contributed by atoms with E-state index < -0.39 is 12.0 Å². The van der Waals surface area contributed by atoms with E-state index in [1.54, 1.807) is 11.9 Å². The number of aliphatic carboxylic acids is 1. The number of hydrogen-bond donors (Lipinski definition) is 2. The number of rotatable bonds is 6. The van der Waals surface area contributed by atoms with Crippen molar-refractivity contribution in [1.29, 1.82) is 0 Å². The summed E-state index contributed by atoms with van der Waals surface area (Å²) in [6.07, 6.45) is 3.03. The molecule has 0 heterocycles. The zero-order valence-corrected chi connectivity index (χ0v) is 11.6. The maximum Gasteiger partial charge on any atom is 0.326 e. The van der Waals surface area contributed by atoms with Crippen molar-refractivity contribution < 1.29 is 14.7 Å². The number of carboxylic acid groups (broad SMARTS) is 1. The second-order valence-electron chi connectivity index (χ2n) is 5.21. The van der Waals surface area contributed by atoms with Gasteiger partial charge < -0.3 is 15.3 Å². The van der Waals surface area contributed by atoms with Gasteiger partial charge in [-0.3, -0.25) is 0 Å². The SMILES string of the molecule is CN(C(=O)N[C@@H](CCc1ccccc1)C(=O)O)C1CC1. The molecule has 1 aromatic carbocycles. The van der Waals surface area contributed by atoms with E-state index in [9.17, 15) is 14.7 Å². The van der Waals surface area contributed by atoms with Crippen LogP contribution in [-0.2, 0) is 11.2 Å². The summed E-state index contributed by atoms with van der Waals surface area (Å²) in [6, 6.07) is 8.81. The number of hydrogen-bond acceptors (Lipinski definition) is 2. The first-order valence-electron chi connectivity index (χ1n) is 6.88. The molecule has 1 aromatic rings. The van der Waals surface area contributed by atoms with Crippen LogP contribution in [0.2, 0.25) is 0 Å². The number of benzene rings is 1. The zero-order chi connectivity index (χ0) is 14.5. The van der Waals surface area contributed by atoms with E-state index in [4.69, 9.17) is 0 Å². The lowest BCUT2D eigenvalue weighted by molar-refractivity contribution is -0.139. The van der Waals surface area contributed by atoms with Crippen LogP contribution in [0.25, 0.3) is 0 Å². The van der Waals surface area contributed by atoms with Crippen LogP contribution in [0.5, 0.6) is 0 Å². The molecular formula is C15H20N2O3. The van der Waals surface area contributed by atoms with E-state index in [-0.39, 0.29) is 12.1 Å². The monoisotopic (exact) mass is 276 g/mol. The van der Waals surface area contributed by atoms with Crippen molar-refractivity contribution in [3.63, 3.8) is 0 Å². The summed E-state index contributed by atoms with van der Waals surface area (Å²) in [7, 11) is 1.71. The van der Waals surface area contributed by atoms with Gasteiger partial charge in [-0.2, -0.15) is 0 Å². The van der Waals surface area contributed by atoms with Gasteiger partial charge in [0.15, 0.2) is 0 Å². The molecule has 1 fully saturated rings. The molecule has 108 valence electrons. The predicted octanol–water partition coefficient (Wildman–Crippen LogP) is 1.88. The van der Waals surface area contributed by atoms with Crippen molar-refractivity contribution in [1.82, 2.24) is 10.2 Å². The second kappa shape index (κ2) is 6.41. The van der Waals surface area contributed by atoms with Gasteiger partial charge in [-0.25, -0.2) is 9.59 Å². The summed E-state index contributed by atoms with van der Waals surface area (Å²) < 4.78 is 0. The lowest BCUT2D eigenvalue weighted by Crippen LogP contribution is -2.47. The van der Waals surface area contributed by atoms with Crippen LogP contribution in [0, 0.1) is 0 Å². The van der Waals surface area contributed by atoms with Gasteiger partial charge in [0.05, 0.1) is 0 Å². The third-order valence-electron chi connectivity index (χ3n) is 3.58. The van der Waals surface area contributed by atoms with Gasteiger partial charge in [-0.1, -0.05) is 30.3 Å². The first kappa shape index (κ1) is 14.4. The Balaban J connectivity index is 1.86. The van der Waals surface area contributed by atoms with Gasteiger partial charge in [0.25, 0.3) is 0 Å². The van der Waals surface area contributed by atoms with Crippen molar-refractivity contribution in [3.05, 3.63) is 35.9 Å². The average Bonchev–Trinajstić information content (AvgIpc) is 3.27. The third kappa shape index (κ3) is 3.98. The van der Waals surface area contributed by atoms with E-state index in [1.165, 1.54) is 0 Å². The molecule has 1 saturated carbocycles. The van der Waals surface area contributed by atoms with E-state index >= 15 is 0 Å². The minimum atomic E-state index is -0.988. The average molecular weight is 276 g/mol. The molecule has 0 spiro atoms. The van der Waals surface area contributed by atoms with Crippen LogP contribution in [0.1, 0.15) is 24.8 Å². The topological polar surface area (TPSA) is 69.6 Å². The molecule has 0 aromatic heterocycles. The Labute approximate surface area is 118 Å². The number of urea groups is 1. The van der Waals surface area contributed by atoms with Crippen LogP contribution in [-0.4, -0.2) is 41.1 Å². The molecule has 0 saturated heterocycles. The number of carboxylic acids is 1. The number of carbonyl (C=O) groups is 2. The van der Waals surface area contributed by atoms with E-state index in [2.05, 4.69) is 5.32 Å². The highest BCUT2D eigenvalue weighted by Crippen LogP contribution is 2.25. The normalized spacial score (nSPS) is 15.4. The summed E-state index contributed by atoms with van der Waals surface area (Å²) in [5.74, 6) is -0.988. The number of nitrogens with one attached hydrogen (secondary N) is 1. The smallest absolute Gasteiger partial charge is 0.326 e. The Kier molecular flexibility index (Phi) is 4.61. The molecule has 2 N–H and O–H groups in total. The van der Waals surface area contributed by atoms with Crippen molar-refractivity contribution in [2.45, 2.75) is 37.8 Å². The fourth-order valence-electron chi connectivity index (χ4n) is 2.09. The Morgan fingerprint density at radius 1 is 1.35 bits per heavy atom. The van der Waals surface area contributed by atoms with Gasteiger partial charge >= 0.3 is 12.0 Å². The highest BCUT2D eigenvalue weighted by molar-refractivity contribution is 5.82. The minimum Gasteiger partial charge on any atom is -0.480 e. The maximum absolute atomic E-state index is 11.9. The van der Waals surface area contributed by atoms with Crippen molar-refractivity contribution in [2.75, 3.05) is 7.05 Å². The predicted molar refractivity (Wildman–Crippen MR) is 75.5 cm³/mol. The Hall–Kier alpha value is -2.04. The molecular weight excluding hydrogens is 256 g/mol. The lowest BCUT2D eigenvalue weighted by Gasteiger charge is -2.21. The summed E-state index contributed by atoms with van der Waals surface area (Å²) in [5.41, 5.74) is 1.07. The van der Waals surface area contributed by atoms with Crippen LogP contribution in [0.4, 0.5) is 4.79 Å². The summed E-state index contributed by atoms with van der Waals surface area (Å²) in [4.78, 5) is 24.7. The number of carbonyl (C=O) groups excluding carboxylic acids is 1. The summed E-state index contributed by atoms with van der Waals surface area (Å²) in [5, 5.41) is 11.8. The number of nitrogens with zero attached hydrogens (tertiary/aromatic N) is 1. The van der Waals surface area contributed by atoms with Gasteiger partial charge in [0.1, 0.15) is 6.04 Å². The van der Waals surface area contributed by atoms with Gasteiger partial charge in [-0.15, -0.1) is 0 Å². The molecule has 5 heteroatoms. The highest BCUT2D eigenvalue weighted by Gasteiger charge is 2.31. The molecule has 0 radical (unpaired) electrons. The standard InChI is InChI=1S/C15H20N2O3/c1-17(12-8-9-12)15(20)16-13(14(18)19)10-7-11-5-3-2-4-6-11/h2-6,12-13H,7-10H2,1H3,(H,16,20)(H,18,19)/t13-/m0/s1. The van der Waals surface area contributed by atoms with Crippen LogP contribution >= 0.6 is 0 Å². The molecule has 0 aliphatic heterocycles. The maximum atomic E-state index is 11.9. The first-order chi connectivity index (χ1) is 9.58.